The van der Waals surface area contributed by atoms with E-state index in [1.165, 1.54) is 0 Å². The zero-order valence-electron chi connectivity index (χ0n) is 13.3. The number of nitriles is 1. The van der Waals surface area contributed by atoms with Crippen molar-refractivity contribution in [3.8, 4) is 17.2 Å². The molecule has 0 unspecified atom stereocenters. The van der Waals surface area contributed by atoms with Crippen LogP contribution >= 0.6 is 0 Å². The van der Waals surface area contributed by atoms with Crippen molar-refractivity contribution in [1.29, 1.82) is 5.26 Å². The maximum Gasteiger partial charge on any atom is 0.241 e. The van der Waals surface area contributed by atoms with Gasteiger partial charge in [0, 0.05) is 12.4 Å². The molecule has 0 aliphatic carbocycles. The molecular weight excluding hydrogens is 288 g/mol. The quantitative estimate of drug-likeness (QED) is 0.888. The summed E-state index contributed by atoms with van der Waals surface area (Å²) in [6.45, 7) is 4.02. The predicted octanol–water partition coefficient (Wildman–Crippen LogP) is 2.93. The molecule has 118 valence electrons. The molecule has 0 saturated carbocycles. The van der Waals surface area contributed by atoms with Crippen molar-refractivity contribution in [1.82, 2.24) is 4.98 Å². The van der Waals surface area contributed by atoms with E-state index in [0.717, 1.165) is 11.1 Å². The maximum atomic E-state index is 12.1. The number of pyridine rings is 1. The minimum Gasteiger partial charge on any atom is -0.324 e. The molecule has 3 N–H and O–H groups in total. The molecule has 0 saturated heterocycles. The van der Waals surface area contributed by atoms with Gasteiger partial charge in [-0.05, 0) is 47.7 Å². The summed E-state index contributed by atoms with van der Waals surface area (Å²) < 4.78 is 0. The number of nitrogens with one attached hydrogen (secondary N) is 1. The number of hydrogen-bond acceptors (Lipinski definition) is 4. The van der Waals surface area contributed by atoms with Gasteiger partial charge in [-0.25, -0.2) is 0 Å². The van der Waals surface area contributed by atoms with Gasteiger partial charge in [-0.15, -0.1) is 0 Å². The SMILES string of the molecule is CC(C)C[C@@H](N)C(=O)Nc1ccc(-c2ccncc2)cc1C#N. The van der Waals surface area contributed by atoms with Crippen LogP contribution in [0, 0.1) is 17.2 Å². The monoisotopic (exact) mass is 308 g/mol. The first-order valence-electron chi connectivity index (χ1n) is 7.52. The lowest BCUT2D eigenvalue weighted by molar-refractivity contribution is -0.117. The third-order valence-electron chi connectivity index (χ3n) is 3.47. The van der Waals surface area contributed by atoms with E-state index in [-0.39, 0.29) is 5.91 Å². The number of carbonyl (C=O) groups excluding carboxylic acids is 1. The standard InChI is InChI=1S/C18H20N4O/c1-12(2)9-16(20)18(23)22-17-4-3-14(10-15(17)11-19)13-5-7-21-8-6-13/h3-8,10,12,16H,9,20H2,1-2H3,(H,22,23)/t16-/m1/s1. The van der Waals surface area contributed by atoms with E-state index < -0.39 is 6.04 Å². The van der Waals surface area contributed by atoms with Crippen molar-refractivity contribution >= 4 is 11.6 Å². The van der Waals surface area contributed by atoms with Gasteiger partial charge in [0.2, 0.25) is 5.91 Å². The molecule has 0 aliphatic heterocycles. The summed E-state index contributed by atoms with van der Waals surface area (Å²) in [5, 5.41) is 12.1. The summed E-state index contributed by atoms with van der Waals surface area (Å²) in [5.41, 5.74) is 8.62. The molecule has 23 heavy (non-hydrogen) atoms. The molecule has 1 amide bonds. The molecule has 0 bridgehead atoms. The van der Waals surface area contributed by atoms with Gasteiger partial charge in [-0.3, -0.25) is 9.78 Å². The molecule has 5 nitrogen and oxygen atoms in total. The number of rotatable bonds is 5. The number of nitrogens with two attached hydrogens (primary N) is 1. The molecule has 0 aliphatic rings. The van der Waals surface area contributed by atoms with Crippen LogP contribution in [0.3, 0.4) is 0 Å². The predicted molar refractivity (Wildman–Crippen MR) is 90.4 cm³/mol. The summed E-state index contributed by atoms with van der Waals surface area (Å²) >= 11 is 0. The number of amides is 1. The van der Waals surface area contributed by atoms with E-state index in [1.807, 2.05) is 32.0 Å². The van der Waals surface area contributed by atoms with Crippen LogP contribution in [-0.2, 0) is 4.79 Å². The normalized spacial score (nSPS) is 11.8. The summed E-state index contributed by atoms with van der Waals surface area (Å²) in [6, 6.07) is 10.6. The lowest BCUT2D eigenvalue weighted by Crippen LogP contribution is -2.36. The van der Waals surface area contributed by atoms with Crippen molar-refractivity contribution in [3.05, 3.63) is 48.3 Å². The summed E-state index contributed by atoms with van der Waals surface area (Å²) in [7, 11) is 0. The maximum absolute atomic E-state index is 12.1. The van der Waals surface area contributed by atoms with Crippen LogP contribution in [0.1, 0.15) is 25.8 Å². The van der Waals surface area contributed by atoms with Crippen LogP contribution < -0.4 is 11.1 Å². The highest BCUT2D eigenvalue weighted by molar-refractivity contribution is 5.96. The summed E-state index contributed by atoms with van der Waals surface area (Å²) in [6.07, 6.45) is 3.99. The Bertz CT molecular complexity index is 720. The number of carbonyl (C=O) groups is 1. The number of benzene rings is 1. The fraction of sp³-hybridized carbons (Fsp3) is 0.278. The second kappa shape index (κ2) is 7.52. The van der Waals surface area contributed by atoms with E-state index in [0.29, 0.717) is 23.6 Å². The lowest BCUT2D eigenvalue weighted by Gasteiger charge is -2.15. The van der Waals surface area contributed by atoms with Gasteiger partial charge in [0.1, 0.15) is 6.07 Å². The Kier molecular flexibility index (Phi) is 5.45. The summed E-state index contributed by atoms with van der Waals surface area (Å²) in [4.78, 5) is 16.1. The molecule has 0 radical (unpaired) electrons. The molecular formula is C18H20N4O. The highest BCUT2D eigenvalue weighted by Crippen LogP contribution is 2.24. The third-order valence-corrected chi connectivity index (χ3v) is 3.47. The second-order valence-corrected chi connectivity index (χ2v) is 5.83. The first kappa shape index (κ1) is 16.7. The highest BCUT2D eigenvalue weighted by atomic mass is 16.2. The van der Waals surface area contributed by atoms with Crippen molar-refractivity contribution < 1.29 is 4.79 Å². The van der Waals surface area contributed by atoms with Crippen LogP contribution in [0.25, 0.3) is 11.1 Å². The van der Waals surface area contributed by atoms with Gasteiger partial charge >= 0.3 is 0 Å². The Morgan fingerprint density at radius 2 is 1.96 bits per heavy atom. The highest BCUT2D eigenvalue weighted by Gasteiger charge is 2.16. The average Bonchev–Trinajstić information content (AvgIpc) is 2.55. The molecule has 0 fully saturated rings. The summed E-state index contributed by atoms with van der Waals surface area (Å²) in [5.74, 6) is 0.0621. The molecule has 5 heteroatoms. The minimum atomic E-state index is -0.582. The Hall–Kier alpha value is -2.71. The molecule has 1 heterocycles. The smallest absolute Gasteiger partial charge is 0.241 e. The molecule has 1 atom stereocenters. The first-order chi connectivity index (χ1) is 11.0. The lowest BCUT2D eigenvalue weighted by atomic mass is 10.0. The van der Waals surface area contributed by atoms with Gasteiger partial charge in [0.15, 0.2) is 0 Å². The molecule has 2 aromatic rings. The Morgan fingerprint density at radius 3 is 2.57 bits per heavy atom. The Balaban J connectivity index is 2.21. The topological polar surface area (TPSA) is 91.8 Å². The van der Waals surface area contributed by atoms with Crippen LogP contribution in [0.15, 0.2) is 42.7 Å². The fourth-order valence-electron chi connectivity index (χ4n) is 2.31. The first-order valence-corrected chi connectivity index (χ1v) is 7.52. The van der Waals surface area contributed by atoms with E-state index in [4.69, 9.17) is 5.73 Å². The number of aromatic nitrogens is 1. The number of hydrogen-bond donors (Lipinski definition) is 2. The van der Waals surface area contributed by atoms with Crippen molar-refractivity contribution in [2.75, 3.05) is 5.32 Å². The second-order valence-electron chi connectivity index (χ2n) is 5.83. The van der Waals surface area contributed by atoms with E-state index >= 15 is 0 Å². The van der Waals surface area contributed by atoms with Crippen molar-refractivity contribution in [2.24, 2.45) is 11.7 Å². The number of anilines is 1. The van der Waals surface area contributed by atoms with Gasteiger partial charge in [0.05, 0.1) is 17.3 Å². The van der Waals surface area contributed by atoms with E-state index in [2.05, 4.69) is 16.4 Å². The van der Waals surface area contributed by atoms with Gasteiger partial charge < -0.3 is 11.1 Å². The van der Waals surface area contributed by atoms with Gasteiger partial charge in [-0.1, -0.05) is 19.9 Å². The molecule has 2 rings (SSSR count). The molecule has 1 aromatic heterocycles. The van der Waals surface area contributed by atoms with E-state index in [1.54, 1.807) is 24.5 Å². The molecule has 1 aromatic carbocycles. The Morgan fingerprint density at radius 1 is 1.26 bits per heavy atom. The van der Waals surface area contributed by atoms with Crippen molar-refractivity contribution in [3.63, 3.8) is 0 Å². The van der Waals surface area contributed by atoms with Gasteiger partial charge in [0.25, 0.3) is 0 Å². The fourth-order valence-corrected chi connectivity index (χ4v) is 2.31. The van der Waals surface area contributed by atoms with E-state index in [9.17, 15) is 10.1 Å². The van der Waals surface area contributed by atoms with Crippen LogP contribution in [0.2, 0.25) is 0 Å². The van der Waals surface area contributed by atoms with Crippen LogP contribution in [0.4, 0.5) is 5.69 Å². The van der Waals surface area contributed by atoms with Crippen LogP contribution in [0.5, 0.6) is 0 Å². The largest absolute Gasteiger partial charge is 0.324 e. The van der Waals surface area contributed by atoms with Gasteiger partial charge in [-0.2, -0.15) is 5.26 Å². The number of nitrogens with zero attached hydrogens (tertiary/aromatic N) is 2. The average molecular weight is 308 g/mol. The molecule has 0 spiro atoms. The zero-order chi connectivity index (χ0) is 16.8. The Labute approximate surface area is 136 Å². The van der Waals surface area contributed by atoms with Crippen LogP contribution in [-0.4, -0.2) is 16.9 Å². The zero-order valence-corrected chi connectivity index (χ0v) is 13.3. The minimum absolute atomic E-state index is 0.271. The van der Waals surface area contributed by atoms with Crippen molar-refractivity contribution in [2.45, 2.75) is 26.3 Å². The third kappa shape index (κ3) is 4.38.